The second kappa shape index (κ2) is 8.02. The minimum Gasteiger partial charge on any atom is -0.369 e. The summed E-state index contributed by atoms with van der Waals surface area (Å²) >= 11 is 0. The van der Waals surface area contributed by atoms with Gasteiger partial charge in [0.2, 0.25) is 16.0 Å². The van der Waals surface area contributed by atoms with Gasteiger partial charge in [0.25, 0.3) is 0 Å². The van der Waals surface area contributed by atoms with Gasteiger partial charge in [0.05, 0.1) is 4.90 Å². The molecule has 0 spiro atoms. The number of aromatic nitrogens is 2. The van der Waals surface area contributed by atoms with E-state index in [4.69, 9.17) is 0 Å². The third-order valence-corrected chi connectivity index (χ3v) is 6.04. The van der Waals surface area contributed by atoms with E-state index in [1.807, 2.05) is 24.3 Å². The number of rotatable bonds is 2. The van der Waals surface area contributed by atoms with Gasteiger partial charge in [0.1, 0.15) is 5.82 Å². The molecule has 29 heavy (non-hydrogen) atoms. The fourth-order valence-corrected chi connectivity index (χ4v) is 4.16. The summed E-state index contributed by atoms with van der Waals surface area (Å²) in [7, 11) is -3.56. The highest BCUT2D eigenvalue weighted by atomic mass is 32.2. The monoisotopic (exact) mass is 407 g/mol. The number of nitrogens with one attached hydrogen (secondary N) is 3. The molecule has 0 atom stereocenters. The van der Waals surface area contributed by atoms with E-state index >= 15 is 0 Å². The van der Waals surface area contributed by atoms with Crippen molar-refractivity contribution >= 4 is 33.6 Å². The van der Waals surface area contributed by atoms with Crippen molar-refractivity contribution in [3.05, 3.63) is 66.9 Å². The second-order valence-corrected chi connectivity index (χ2v) is 8.38. The summed E-state index contributed by atoms with van der Waals surface area (Å²) in [5, 5.41) is 6.40. The van der Waals surface area contributed by atoms with Crippen molar-refractivity contribution in [3.63, 3.8) is 0 Å². The molecule has 0 saturated carbocycles. The van der Waals surface area contributed by atoms with Gasteiger partial charge in [-0.1, -0.05) is 43.0 Å². The smallest absolute Gasteiger partial charge is 0.240 e. The van der Waals surface area contributed by atoms with E-state index in [9.17, 15) is 8.42 Å². The number of hydrogen-bond donors (Lipinski definition) is 3. The zero-order valence-corrected chi connectivity index (χ0v) is 16.5. The lowest BCUT2D eigenvalue weighted by Crippen LogP contribution is -2.26. The van der Waals surface area contributed by atoms with Gasteiger partial charge in [-0.05, 0) is 35.7 Å². The minimum absolute atomic E-state index is 0.203. The van der Waals surface area contributed by atoms with E-state index in [1.165, 1.54) is 0 Å². The maximum absolute atomic E-state index is 12.4. The van der Waals surface area contributed by atoms with Crippen LogP contribution in [0.2, 0.25) is 0 Å². The topological polar surface area (TPSA) is 96.0 Å². The van der Waals surface area contributed by atoms with E-state index in [0.29, 0.717) is 37.0 Å². The molecule has 1 aliphatic heterocycles. The molecule has 7 nitrogen and oxygen atoms in total. The lowest BCUT2D eigenvalue weighted by Gasteiger charge is -2.13. The predicted molar refractivity (Wildman–Crippen MR) is 116 cm³/mol. The van der Waals surface area contributed by atoms with E-state index in [2.05, 4.69) is 31.9 Å². The van der Waals surface area contributed by atoms with Gasteiger partial charge in [-0.25, -0.2) is 18.1 Å². The van der Waals surface area contributed by atoms with Crippen LogP contribution in [0.1, 0.15) is 12.0 Å². The molecule has 0 amide bonds. The first-order valence-corrected chi connectivity index (χ1v) is 10.7. The summed E-state index contributed by atoms with van der Waals surface area (Å²) in [6.07, 6.45) is 4.17. The molecule has 0 unspecified atom stereocenters. The molecule has 0 radical (unpaired) electrons. The summed E-state index contributed by atoms with van der Waals surface area (Å²) in [5.74, 6) is 1.08. The van der Waals surface area contributed by atoms with Crippen molar-refractivity contribution in [2.45, 2.75) is 11.3 Å². The van der Waals surface area contributed by atoms with Crippen molar-refractivity contribution < 1.29 is 8.42 Å². The van der Waals surface area contributed by atoms with E-state index in [1.54, 1.807) is 36.5 Å². The molecular formula is C21H21N5O2S. The first-order chi connectivity index (χ1) is 14.0. The quantitative estimate of drug-likeness (QED) is 0.600. The fraction of sp³-hybridized carbons (Fsp3) is 0.143. The Morgan fingerprint density at radius 1 is 1.07 bits per heavy atom. The Bertz CT molecular complexity index is 1140. The zero-order valence-electron chi connectivity index (χ0n) is 15.7. The Labute approximate surface area is 170 Å². The first kappa shape index (κ1) is 19.1. The number of anilines is 3. The summed E-state index contributed by atoms with van der Waals surface area (Å²) in [6, 6.07) is 14.6. The van der Waals surface area contributed by atoms with Gasteiger partial charge >= 0.3 is 0 Å². The normalized spacial score (nSPS) is 15.6. The van der Waals surface area contributed by atoms with Crippen LogP contribution in [0.5, 0.6) is 0 Å². The summed E-state index contributed by atoms with van der Waals surface area (Å²) in [4.78, 5) is 9.25. The maximum atomic E-state index is 12.4. The van der Waals surface area contributed by atoms with Gasteiger partial charge in [0.15, 0.2) is 0 Å². The Balaban J connectivity index is 1.73. The van der Waals surface area contributed by atoms with Crippen molar-refractivity contribution in [2.75, 3.05) is 23.7 Å². The van der Waals surface area contributed by atoms with Gasteiger partial charge in [-0.15, -0.1) is 0 Å². The lowest BCUT2D eigenvalue weighted by atomic mass is 10.1. The van der Waals surface area contributed by atoms with Crippen molar-refractivity contribution in [2.24, 2.45) is 0 Å². The number of nitrogens with zero attached hydrogens (tertiary/aromatic N) is 2. The SMILES string of the molecule is C=Cc1ccc(-c2cnc3nc2NCCCNS(=O)(=O)c2cccc(c2)N3)cc1. The van der Waals surface area contributed by atoms with Crippen LogP contribution in [0.15, 0.2) is 66.2 Å². The highest BCUT2D eigenvalue weighted by Crippen LogP contribution is 2.28. The Morgan fingerprint density at radius 3 is 2.69 bits per heavy atom. The number of benzene rings is 2. The third-order valence-electron chi connectivity index (χ3n) is 4.58. The Hall–Kier alpha value is -3.23. The van der Waals surface area contributed by atoms with Crippen LogP contribution in [0.3, 0.4) is 0 Å². The molecule has 1 aromatic heterocycles. The number of hydrogen-bond acceptors (Lipinski definition) is 6. The number of sulfonamides is 1. The molecule has 0 aliphatic carbocycles. The molecule has 2 heterocycles. The average Bonchev–Trinajstić information content (AvgIpc) is 2.74. The van der Waals surface area contributed by atoms with E-state index < -0.39 is 10.0 Å². The van der Waals surface area contributed by atoms with Crippen molar-refractivity contribution in [1.82, 2.24) is 14.7 Å². The average molecular weight is 407 g/mol. The first-order valence-electron chi connectivity index (χ1n) is 9.26. The van der Waals surface area contributed by atoms with Crippen LogP contribution < -0.4 is 15.4 Å². The van der Waals surface area contributed by atoms with Crippen LogP contribution in [0.4, 0.5) is 17.5 Å². The van der Waals surface area contributed by atoms with Crippen LogP contribution >= 0.6 is 0 Å². The zero-order chi connectivity index (χ0) is 20.3. The maximum Gasteiger partial charge on any atom is 0.240 e. The number of fused-ring (bicyclic) bond motifs is 4. The minimum atomic E-state index is -3.56. The molecule has 4 rings (SSSR count). The molecule has 3 aromatic rings. The summed E-state index contributed by atoms with van der Waals surface area (Å²) < 4.78 is 27.5. The van der Waals surface area contributed by atoms with Gasteiger partial charge in [-0.3, -0.25) is 0 Å². The second-order valence-electron chi connectivity index (χ2n) is 6.61. The van der Waals surface area contributed by atoms with Crippen LogP contribution in [0, 0.1) is 0 Å². The standard InChI is InChI=1S/C21H21N5O2S/c1-2-15-7-9-16(10-8-15)19-14-23-21-25-17-5-3-6-18(13-17)29(27,28)24-12-4-11-22-20(19)26-21/h2-3,5-10,13-14,24H,1,4,11-12H2,(H2,22,23,25,26). The largest absolute Gasteiger partial charge is 0.369 e. The molecular weight excluding hydrogens is 386 g/mol. The Morgan fingerprint density at radius 2 is 1.90 bits per heavy atom. The molecule has 148 valence electrons. The molecule has 3 N–H and O–H groups in total. The lowest BCUT2D eigenvalue weighted by molar-refractivity contribution is 0.580. The predicted octanol–water partition coefficient (Wildman–Crippen LogP) is 3.62. The van der Waals surface area contributed by atoms with Gasteiger partial charge in [-0.2, -0.15) is 4.98 Å². The van der Waals surface area contributed by atoms with E-state index in [-0.39, 0.29) is 4.90 Å². The highest BCUT2D eigenvalue weighted by Gasteiger charge is 2.16. The molecule has 2 aromatic carbocycles. The van der Waals surface area contributed by atoms with Crippen molar-refractivity contribution in [1.29, 1.82) is 0 Å². The van der Waals surface area contributed by atoms with Gasteiger partial charge in [0, 0.05) is 30.5 Å². The van der Waals surface area contributed by atoms with Gasteiger partial charge < -0.3 is 10.6 Å². The van der Waals surface area contributed by atoms with Crippen LogP contribution in [-0.4, -0.2) is 31.5 Å². The molecule has 4 bridgehead atoms. The highest BCUT2D eigenvalue weighted by molar-refractivity contribution is 7.89. The van der Waals surface area contributed by atoms with Crippen LogP contribution in [0.25, 0.3) is 17.2 Å². The molecule has 0 fully saturated rings. The fourth-order valence-electron chi connectivity index (χ4n) is 3.04. The Kier molecular flexibility index (Phi) is 5.28. The molecule has 0 saturated heterocycles. The van der Waals surface area contributed by atoms with Crippen molar-refractivity contribution in [3.8, 4) is 11.1 Å². The molecule has 8 heteroatoms. The third kappa shape index (κ3) is 4.28. The van der Waals surface area contributed by atoms with Crippen LogP contribution in [-0.2, 0) is 10.0 Å². The van der Waals surface area contributed by atoms with E-state index in [0.717, 1.165) is 16.7 Å². The molecule has 1 aliphatic rings. The summed E-state index contributed by atoms with van der Waals surface area (Å²) in [6.45, 7) is 4.67. The summed E-state index contributed by atoms with van der Waals surface area (Å²) in [5.41, 5.74) is 3.49.